The highest BCUT2D eigenvalue weighted by atomic mass is 16.5. The van der Waals surface area contributed by atoms with Gasteiger partial charge in [0.05, 0.1) is 18.0 Å². The minimum Gasteiger partial charge on any atom is -0.453 e. The topological polar surface area (TPSA) is 50.8 Å². The van der Waals surface area contributed by atoms with Crippen molar-refractivity contribution in [3.05, 3.63) is 42.2 Å². The van der Waals surface area contributed by atoms with E-state index in [0.717, 1.165) is 12.5 Å². The van der Waals surface area contributed by atoms with E-state index >= 15 is 0 Å². The minimum atomic E-state index is 0.538. The van der Waals surface area contributed by atoms with Gasteiger partial charge in [-0.3, -0.25) is 4.68 Å². The van der Waals surface area contributed by atoms with Crippen molar-refractivity contribution in [1.29, 1.82) is 5.26 Å². The van der Waals surface area contributed by atoms with Crippen LogP contribution in [0.1, 0.15) is 31.2 Å². The molecule has 20 heavy (non-hydrogen) atoms. The van der Waals surface area contributed by atoms with Gasteiger partial charge in [0.15, 0.2) is 5.75 Å². The Balaban J connectivity index is 1.69. The van der Waals surface area contributed by atoms with Crippen LogP contribution >= 0.6 is 0 Å². The predicted molar refractivity (Wildman–Crippen MR) is 75.4 cm³/mol. The number of nitriles is 1. The van der Waals surface area contributed by atoms with Crippen molar-refractivity contribution in [2.45, 2.75) is 32.2 Å². The number of hydrogen-bond acceptors (Lipinski definition) is 3. The first kappa shape index (κ1) is 12.7. The van der Waals surface area contributed by atoms with Crippen LogP contribution in [0.5, 0.6) is 11.5 Å². The molecular weight excluding hydrogens is 250 g/mol. The lowest BCUT2D eigenvalue weighted by Crippen LogP contribution is -2.07. The summed E-state index contributed by atoms with van der Waals surface area (Å²) in [6.45, 7) is 0.962. The van der Waals surface area contributed by atoms with Crippen LogP contribution < -0.4 is 4.74 Å². The van der Waals surface area contributed by atoms with Crippen molar-refractivity contribution in [3.8, 4) is 17.6 Å². The third-order valence-electron chi connectivity index (χ3n) is 3.76. The highest BCUT2D eigenvalue weighted by Gasteiger charge is 2.16. The minimum absolute atomic E-state index is 0.538. The number of rotatable bonds is 4. The Bertz CT molecular complexity index is 621. The lowest BCUT2D eigenvalue weighted by atomic mass is 10.1. The van der Waals surface area contributed by atoms with Crippen molar-refractivity contribution < 1.29 is 4.74 Å². The number of ether oxygens (including phenoxy) is 1. The van der Waals surface area contributed by atoms with Gasteiger partial charge in [-0.15, -0.1) is 0 Å². The second kappa shape index (κ2) is 5.79. The third-order valence-corrected chi connectivity index (χ3v) is 3.76. The zero-order chi connectivity index (χ0) is 13.8. The van der Waals surface area contributed by atoms with Gasteiger partial charge in [-0.1, -0.05) is 25.0 Å². The number of nitrogens with zero attached hydrogens (tertiary/aromatic N) is 3. The van der Waals surface area contributed by atoms with E-state index in [1.807, 2.05) is 23.0 Å². The maximum absolute atomic E-state index is 9.04. The molecule has 4 nitrogen and oxygen atoms in total. The molecule has 3 rings (SSSR count). The van der Waals surface area contributed by atoms with Crippen LogP contribution in [0.2, 0.25) is 0 Å². The summed E-state index contributed by atoms with van der Waals surface area (Å²) >= 11 is 0. The first-order valence-electron chi connectivity index (χ1n) is 7.04. The molecule has 102 valence electrons. The Morgan fingerprint density at radius 1 is 1.30 bits per heavy atom. The fourth-order valence-electron chi connectivity index (χ4n) is 2.73. The molecule has 0 unspecified atom stereocenters. The second-order valence-electron chi connectivity index (χ2n) is 5.26. The fraction of sp³-hybridized carbons (Fsp3) is 0.375. The molecule has 1 saturated carbocycles. The zero-order valence-corrected chi connectivity index (χ0v) is 11.3. The zero-order valence-electron chi connectivity index (χ0n) is 11.3. The Morgan fingerprint density at radius 3 is 2.90 bits per heavy atom. The molecule has 0 spiro atoms. The smallest absolute Gasteiger partial charge is 0.165 e. The molecule has 4 heteroatoms. The SMILES string of the molecule is N#Cc1ccccc1Oc1cnn(CC2CCCC2)c1. The number of para-hydroxylation sites is 1. The van der Waals surface area contributed by atoms with E-state index in [2.05, 4.69) is 11.2 Å². The first-order valence-corrected chi connectivity index (χ1v) is 7.04. The molecule has 0 N–H and O–H groups in total. The predicted octanol–water partition coefficient (Wildman–Crippen LogP) is 3.74. The average molecular weight is 267 g/mol. The average Bonchev–Trinajstić information content (AvgIpc) is 3.12. The van der Waals surface area contributed by atoms with Crippen molar-refractivity contribution >= 4 is 0 Å². The molecule has 0 atom stereocenters. The Labute approximate surface area is 118 Å². The molecule has 1 fully saturated rings. The van der Waals surface area contributed by atoms with Gasteiger partial charge in [0.25, 0.3) is 0 Å². The first-order chi connectivity index (χ1) is 9.85. The van der Waals surface area contributed by atoms with Gasteiger partial charge in [-0.25, -0.2) is 0 Å². The van der Waals surface area contributed by atoms with Gasteiger partial charge < -0.3 is 4.74 Å². The van der Waals surface area contributed by atoms with Gasteiger partial charge in [0, 0.05) is 6.54 Å². The summed E-state index contributed by atoms with van der Waals surface area (Å²) in [6.07, 6.45) is 8.89. The quantitative estimate of drug-likeness (QED) is 0.848. The molecule has 1 heterocycles. The maximum Gasteiger partial charge on any atom is 0.165 e. The van der Waals surface area contributed by atoms with Crippen LogP contribution in [0.15, 0.2) is 36.7 Å². The van der Waals surface area contributed by atoms with E-state index in [9.17, 15) is 0 Å². The van der Waals surface area contributed by atoms with Crippen LogP contribution in [0.4, 0.5) is 0 Å². The van der Waals surface area contributed by atoms with E-state index in [1.165, 1.54) is 25.7 Å². The fourth-order valence-corrected chi connectivity index (χ4v) is 2.73. The van der Waals surface area contributed by atoms with Crippen LogP contribution in [0.3, 0.4) is 0 Å². The molecule has 2 aromatic rings. The maximum atomic E-state index is 9.04. The Kier molecular flexibility index (Phi) is 3.69. The molecule has 0 bridgehead atoms. The third kappa shape index (κ3) is 2.83. The van der Waals surface area contributed by atoms with Crippen LogP contribution in [-0.4, -0.2) is 9.78 Å². The lowest BCUT2D eigenvalue weighted by Gasteiger charge is -2.08. The summed E-state index contributed by atoms with van der Waals surface area (Å²) in [5, 5.41) is 13.4. The van der Waals surface area contributed by atoms with Crippen molar-refractivity contribution in [2.75, 3.05) is 0 Å². The molecular formula is C16H17N3O. The summed E-state index contributed by atoms with van der Waals surface area (Å²) in [5.41, 5.74) is 0.538. The lowest BCUT2D eigenvalue weighted by molar-refractivity contribution is 0.426. The highest BCUT2D eigenvalue weighted by Crippen LogP contribution is 2.28. The summed E-state index contributed by atoms with van der Waals surface area (Å²) in [7, 11) is 0. The van der Waals surface area contributed by atoms with Crippen LogP contribution in [0.25, 0.3) is 0 Å². The van der Waals surface area contributed by atoms with Gasteiger partial charge in [0.1, 0.15) is 11.8 Å². The Hall–Kier alpha value is -2.28. The molecule has 0 radical (unpaired) electrons. The standard InChI is InChI=1S/C16H17N3O/c17-9-14-7-3-4-8-16(14)20-15-10-18-19(12-15)11-13-5-1-2-6-13/h3-4,7-8,10,12-13H,1-2,5-6,11H2. The number of benzene rings is 1. The molecule has 0 amide bonds. The Morgan fingerprint density at radius 2 is 2.10 bits per heavy atom. The molecule has 1 aliphatic rings. The van der Waals surface area contributed by atoms with Gasteiger partial charge in [-0.2, -0.15) is 10.4 Å². The van der Waals surface area contributed by atoms with E-state index < -0.39 is 0 Å². The van der Waals surface area contributed by atoms with Crippen LogP contribution in [-0.2, 0) is 6.54 Å². The van der Waals surface area contributed by atoms with Gasteiger partial charge >= 0.3 is 0 Å². The van der Waals surface area contributed by atoms with Crippen LogP contribution in [0, 0.1) is 17.2 Å². The summed E-state index contributed by atoms with van der Waals surface area (Å²) < 4.78 is 7.68. The van der Waals surface area contributed by atoms with E-state index in [4.69, 9.17) is 10.00 Å². The highest BCUT2D eigenvalue weighted by molar-refractivity contribution is 5.44. The van der Waals surface area contributed by atoms with Gasteiger partial charge in [0.2, 0.25) is 0 Å². The number of hydrogen-bond donors (Lipinski definition) is 0. The van der Waals surface area contributed by atoms with Crippen molar-refractivity contribution in [3.63, 3.8) is 0 Å². The molecule has 1 aromatic carbocycles. The summed E-state index contributed by atoms with van der Waals surface area (Å²) in [5.74, 6) is 2.01. The molecule has 1 aliphatic carbocycles. The molecule has 1 aromatic heterocycles. The largest absolute Gasteiger partial charge is 0.453 e. The van der Waals surface area contributed by atoms with E-state index in [-0.39, 0.29) is 0 Å². The van der Waals surface area contributed by atoms with Crippen molar-refractivity contribution in [2.24, 2.45) is 5.92 Å². The van der Waals surface area contributed by atoms with E-state index in [1.54, 1.807) is 18.3 Å². The summed E-state index contributed by atoms with van der Waals surface area (Å²) in [4.78, 5) is 0. The molecule has 0 saturated heterocycles. The monoisotopic (exact) mass is 267 g/mol. The summed E-state index contributed by atoms with van der Waals surface area (Å²) in [6, 6.07) is 9.36. The van der Waals surface area contributed by atoms with Gasteiger partial charge in [-0.05, 0) is 30.9 Å². The molecule has 0 aliphatic heterocycles. The van der Waals surface area contributed by atoms with Crippen molar-refractivity contribution in [1.82, 2.24) is 9.78 Å². The second-order valence-corrected chi connectivity index (χ2v) is 5.26. The number of aromatic nitrogens is 2. The van der Waals surface area contributed by atoms with E-state index in [0.29, 0.717) is 17.1 Å². The normalized spacial score (nSPS) is 15.2.